The zero-order valence-electron chi connectivity index (χ0n) is 14.3. The number of nitrogens with one attached hydrogen (secondary N) is 2. The number of rotatable bonds is 4. The van der Waals surface area contributed by atoms with Crippen molar-refractivity contribution in [1.29, 1.82) is 0 Å². The van der Waals surface area contributed by atoms with Crippen LogP contribution in [-0.2, 0) is 7.05 Å². The highest BCUT2D eigenvalue weighted by Crippen LogP contribution is 2.36. The molecule has 1 aromatic carbocycles. The Morgan fingerprint density at radius 2 is 2.27 bits per heavy atom. The van der Waals surface area contributed by atoms with Crippen molar-refractivity contribution < 1.29 is 23.4 Å². The van der Waals surface area contributed by atoms with E-state index in [0.717, 1.165) is 12.1 Å². The highest BCUT2D eigenvalue weighted by Gasteiger charge is 2.29. The molecule has 0 fully saturated rings. The van der Waals surface area contributed by atoms with Crippen molar-refractivity contribution in [1.82, 2.24) is 9.29 Å². The summed E-state index contributed by atoms with van der Waals surface area (Å²) in [5, 5.41) is 12.5. The lowest BCUT2D eigenvalue weighted by Crippen LogP contribution is -2.39. The van der Waals surface area contributed by atoms with Crippen LogP contribution < -0.4 is 14.8 Å². The maximum absolute atomic E-state index is 13.3. The van der Waals surface area contributed by atoms with Crippen molar-refractivity contribution in [2.75, 3.05) is 11.9 Å². The number of fused-ring (bicyclic) bond motifs is 1. The predicted octanol–water partition coefficient (Wildman–Crippen LogP) is 2.68. The summed E-state index contributed by atoms with van der Waals surface area (Å²) in [5.41, 5.74) is 0.396. The van der Waals surface area contributed by atoms with Crippen LogP contribution in [0.5, 0.6) is 5.75 Å². The molecular weight excluding hydrogens is 364 g/mol. The van der Waals surface area contributed by atoms with Crippen LogP contribution in [0.1, 0.15) is 23.8 Å². The largest absolute Gasteiger partial charge is 0.488 e. The molecule has 1 aromatic heterocycles. The molecule has 9 heteroatoms. The topological polar surface area (TPSA) is 75.5 Å². The summed E-state index contributed by atoms with van der Waals surface area (Å²) >= 11 is 1.28. The quantitative estimate of drug-likeness (QED) is 0.708. The standard InChI is InChI=1S/C17H19F2N3O3S/c1-3-13(23)12-8-25-16-14(26-21-12)7-22(2)15(16)17(24)20-9-4-5-10(18)11(19)6-9/h4-7,12-13,21,23H,3,8H2,1-2H3,(H,20,24). The van der Waals surface area contributed by atoms with Gasteiger partial charge in [0.25, 0.3) is 5.91 Å². The number of hydrogen-bond donors (Lipinski definition) is 3. The summed E-state index contributed by atoms with van der Waals surface area (Å²) in [6, 6.07) is 2.87. The van der Waals surface area contributed by atoms with E-state index in [1.807, 2.05) is 6.92 Å². The van der Waals surface area contributed by atoms with Gasteiger partial charge in [-0.15, -0.1) is 0 Å². The van der Waals surface area contributed by atoms with E-state index >= 15 is 0 Å². The number of anilines is 1. The van der Waals surface area contributed by atoms with Gasteiger partial charge in [0.15, 0.2) is 23.1 Å². The number of benzene rings is 1. The molecule has 0 bridgehead atoms. The molecule has 1 aliphatic heterocycles. The van der Waals surface area contributed by atoms with Crippen LogP contribution in [0.25, 0.3) is 0 Å². The Kier molecular flexibility index (Phi) is 5.49. The molecule has 2 aromatic rings. The first-order valence-corrected chi connectivity index (χ1v) is 8.91. The molecule has 0 saturated heterocycles. The van der Waals surface area contributed by atoms with Gasteiger partial charge in [-0.3, -0.25) is 9.52 Å². The Balaban J connectivity index is 1.82. The van der Waals surface area contributed by atoms with Gasteiger partial charge in [0.2, 0.25) is 0 Å². The zero-order valence-corrected chi connectivity index (χ0v) is 15.1. The fraction of sp³-hybridized carbons (Fsp3) is 0.353. The fourth-order valence-corrected chi connectivity index (χ4v) is 3.60. The molecule has 2 heterocycles. The van der Waals surface area contributed by atoms with Crippen LogP contribution in [0, 0.1) is 11.6 Å². The molecule has 140 valence electrons. The van der Waals surface area contributed by atoms with Crippen molar-refractivity contribution in [2.45, 2.75) is 30.4 Å². The molecule has 0 spiro atoms. The molecule has 2 atom stereocenters. The van der Waals surface area contributed by atoms with Crippen molar-refractivity contribution in [3.8, 4) is 5.75 Å². The Morgan fingerprint density at radius 3 is 2.96 bits per heavy atom. The minimum Gasteiger partial charge on any atom is -0.488 e. The number of amides is 1. The number of ether oxygens (including phenoxy) is 1. The number of hydrogen-bond acceptors (Lipinski definition) is 5. The molecule has 0 radical (unpaired) electrons. The van der Waals surface area contributed by atoms with Crippen molar-refractivity contribution >= 4 is 23.5 Å². The van der Waals surface area contributed by atoms with E-state index < -0.39 is 23.6 Å². The SMILES string of the molecule is CCC(O)C1COc2c(cn(C)c2C(=O)Nc2ccc(F)c(F)c2)SN1. The Hall–Kier alpha value is -2.10. The van der Waals surface area contributed by atoms with Gasteiger partial charge in [-0.05, 0) is 30.5 Å². The summed E-state index contributed by atoms with van der Waals surface area (Å²) < 4.78 is 36.9. The van der Waals surface area contributed by atoms with Gasteiger partial charge in [0.1, 0.15) is 6.61 Å². The second-order valence-corrected chi connectivity index (χ2v) is 6.86. The normalized spacial score (nSPS) is 17.8. The van der Waals surface area contributed by atoms with Crippen LogP contribution in [0.4, 0.5) is 14.5 Å². The molecule has 0 aliphatic carbocycles. The number of aliphatic hydroxyl groups excluding tert-OH is 1. The molecule has 0 saturated carbocycles. The van der Waals surface area contributed by atoms with E-state index in [0.29, 0.717) is 17.1 Å². The number of aliphatic hydroxyl groups is 1. The van der Waals surface area contributed by atoms with Crippen LogP contribution in [0.2, 0.25) is 0 Å². The third kappa shape index (κ3) is 3.69. The number of nitrogens with zero attached hydrogens (tertiary/aromatic N) is 1. The Bertz CT molecular complexity index is 828. The lowest BCUT2D eigenvalue weighted by Gasteiger charge is -2.20. The second kappa shape index (κ2) is 7.65. The Labute approximate surface area is 153 Å². The monoisotopic (exact) mass is 383 g/mol. The Morgan fingerprint density at radius 1 is 1.50 bits per heavy atom. The summed E-state index contributed by atoms with van der Waals surface area (Å²) in [7, 11) is 1.69. The van der Waals surface area contributed by atoms with E-state index in [1.54, 1.807) is 17.8 Å². The number of aromatic nitrogens is 1. The third-order valence-corrected chi connectivity index (χ3v) is 5.04. The average Bonchev–Trinajstić information content (AvgIpc) is 2.79. The lowest BCUT2D eigenvalue weighted by molar-refractivity contribution is 0.0993. The third-order valence-electron chi connectivity index (χ3n) is 4.11. The van der Waals surface area contributed by atoms with E-state index in [-0.39, 0.29) is 24.0 Å². The van der Waals surface area contributed by atoms with Gasteiger partial charge in [-0.2, -0.15) is 0 Å². The lowest BCUT2D eigenvalue weighted by atomic mass is 10.1. The summed E-state index contributed by atoms with van der Waals surface area (Å²) in [6.45, 7) is 2.07. The van der Waals surface area contributed by atoms with Crippen LogP contribution in [-0.4, -0.2) is 34.3 Å². The minimum atomic E-state index is -1.04. The highest BCUT2D eigenvalue weighted by atomic mass is 32.2. The zero-order chi connectivity index (χ0) is 18.8. The summed E-state index contributed by atoms with van der Waals surface area (Å²) in [4.78, 5) is 13.3. The smallest absolute Gasteiger partial charge is 0.276 e. The van der Waals surface area contributed by atoms with Gasteiger partial charge in [-0.25, -0.2) is 8.78 Å². The maximum atomic E-state index is 13.3. The summed E-state index contributed by atoms with van der Waals surface area (Å²) in [6.07, 6.45) is 1.73. The fourth-order valence-electron chi connectivity index (χ4n) is 2.64. The van der Waals surface area contributed by atoms with E-state index in [4.69, 9.17) is 4.74 Å². The van der Waals surface area contributed by atoms with E-state index in [1.165, 1.54) is 18.0 Å². The molecule has 1 aliphatic rings. The van der Waals surface area contributed by atoms with Crippen molar-refractivity contribution in [3.63, 3.8) is 0 Å². The number of aryl methyl sites for hydroxylation is 1. The van der Waals surface area contributed by atoms with Gasteiger partial charge in [0, 0.05) is 25.0 Å². The van der Waals surface area contributed by atoms with Crippen LogP contribution in [0.3, 0.4) is 0 Å². The number of carbonyl (C=O) groups is 1. The van der Waals surface area contributed by atoms with Crippen LogP contribution in [0.15, 0.2) is 29.3 Å². The highest BCUT2D eigenvalue weighted by molar-refractivity contribution is 7.97. The van der Waals surface area contributed by atoms with Gasteiger partial charge in [-0.1, -0.05) is 6.92 Å². The number of halogens is 2. The first-order chi connectivity index (χ1) is 12.4. The van der Waals surface area contributed by atoms with Crippen molar-refractivity contribution in [2.24, 2.45) is 7.05 Å². The molecule has 1 amide bonds. The van der Waals surface area contributed by atoms with Crippen molar-refractivity contribution in [3.05, 3.63) is 41.7 Å². The van der Waals surface area contributed by atoms with E-state index in [2.05, 4.69) is 10.0 Å². The molecular formula is C17H19F2N3O3S. The van der Waals surface area contributed by atoms with Crippen LogP contribution >= 0.6 is 11.9 Å². The minimum absolute atomic E-state index is 0.141. The molecule has 3 rings (SSSR count). The first-order valence-electron chi connectivity index (χ1n) is 8.09. The second-order valence-electron chi connectivity index (χ2n) is 5.98. The maximum Gasteiger partial charge on any atom is 0.276 e. The first kappa shape index (κ1) is 18.7. The predicted molar refractivity (Wildman–Crippen MR) is 94.3 cm³/mol. The summed E-state index contributed by atoms with van der Waals surface area (Å²) in [5.74, 6) is -2.14. The molecule has 3 N–H and O–H groups in total. The molecule has 26 heavy (non-hydrogen) atoms. The van der Waals surface area contributed by atoms with Gasteiger partial charge < -0.3 is 19.7 Å². The van der Waals surface area contributed by atoms with Gasteiger partial charge >= 0.3 is 0 Å². The number of carbonyl (C=O) groups excluding carboxylic acids is 1. The van der Waals surface area contributed by atoms with Gasteiger partial charge in [0.05, 0.1) is 17.0 Å². The molecule has 6 nitrogen and oxygen atoms in total. The van der Waals surface area contributed by atoms with E-state index in [9.17, 15) is 18.7 Å². The molecule has 2 unspecified atom stereocenters. The average molecular weight is 383 g/mol.